The molecule has 0 heterocycles. The van der Waals surface area contributed by atoms with Crippen LogP contribution in [0.3, 0.4) is 0 Å². The molecule has 1 atom stereocenters. The number of nitrogens with one attached hydrogen (secondary N) is 1. The third-order valence-electron chi connectivity index (χ3n) is 2.03. The number of alkyl halides is 2. The van der Waals surface area contributed by atoms with E-state index in [1.807, 2.05) is 0 Å². The topological polar surface area (TPSA) is 95.9 Å². The number of hydrogen-bond acceptors (Lipinski definition) is 5. The summed E-state index contributed by atoms with van der Waals surface area (Å²) in [6.45, 7) is -0.963. The van der Waals surface area contributed by atoms with Crippen molar-refractivity contribution in [3.05, 3.63) is 0 Å². The van der Waals surface area contributed by atoms with Crippen LogP contribution in [0.1, 0.15) is 6.42 Å². The van der Waals surface area contributed by atoms with Crippen molar-refractivity contribution in [3.8, 4) is 0 Å². The van der Waals surface area contributed by atoms with Crippen LogP contribution in [0, 0.1) is 0 Å². The van der Waals surface area contributed by atoms with Crippen LogP contribution in [0.2, 0.25) is 0 Å². The van der Waals surface area contributed by atoms with Crippen molar-refractivity contribution in [3.63, 3.8) is 0 Å². The monoisotopic (exact) mass is 290 g/mol. The quantitative estimate of drug-likeness (QED) is 0.556. The zero-order chi connectivity index (χ0) is 14.3. The van der Waals surface area contributed by atoms with E-state index in [1.165, 1.54) is 7.05 Å². The Balaban J connectivity index is 4.23. The molecule has 18 heavy (non-hydrogen) atoms. The van der Waals surface area contributed by atoms with Gasteiger partial charge in [-0.3, -0.25) is 4.79 Å². The summed E-state index contributed by atoms with van der Waals surface area (Å²) < 4.78 is 53.7. The Hall–Kier alpha value is -0.840. The maximum absolute atomic E-state index is 11.9. The molecule has 0 bridgehead atoms. The zero-order valence-electron chi connectivity index (χ0n) is 9.97. The van der Waals surface area contributed by atoms with E-state index in [-0.39, 0.29) is 13.0 Å². The fraction of sp³-hybridized carbons (Fsp3) is 0.875. The molecular weight excluding hydrogens is 274 g/mol. The lowest BCUT2D eigenvalue weighted by molar-refractivity contribution is -0.140. The van der Waals surface area contributed by atoms with Gasteiger partial charge in [0, 0.05) is 20.1 Å². The minimum atomic E-state index is -4.01. The van der Waals surface area contributed by atoms with Crippen molar-refractivity contribution in [2.24, 2.45) is 0 Å². The summed E-state index contributed by atoms with van der Waals surface area (Å²) in [5, 5.41) is 8.76. The Bertz CT molecular complexity index is 362. The SMILES string of the molecule is COC(=O)CCN(C)S(=O)(=O)NCC(O)C(F)F. The molecule has 1 unspecified atom stereocenters. The molecule has 0 saturated carbocycles. The third kappa shape index (κ3) is 6.19. The van der Waals surface area contributed by atoms with Crippen molar-refractivity contribution in [2.45, 2.75) is 19.0 Å². The lowest BCUT2D eigenvalue weighted by Gasteiger charge is -2.18. The average molecular weight is 290 g/mol. The first-order valence-electron chi connectivity index (χ1n) is 4.94. The van der Waals surface area contributed by atoms with E-state index >= 15 is 0 Å². The molecule has 0 aromatic heterocycles. The molecule has 2 N–H and O–H groups in total. The molecule has 7 nitrogen and oxygen atoms in total. The van der Waals surface area contributed by atoms with Gasteiger partial charge in [-0.2, -0.15) is 17.4 Å². The van der Waals surface area contributed by atoms with Crippen LogP contribution in [0.15, 0.2) is 0 Å². The van der Waals surface area contributed by atoms with Gasteiger partial charge in [-0.1, -0.05) is 0 Å². The number of carbonyl (C=O) groups excluding carboxylic acids is 1. The molecule has 108 valence electrons. The van der Waals surface area contributed by atoms with Crippen LogP contribution in [0.5, 0.6) is 0 Å². The summed E-state index contributed by atoms with van der Waals surface area (Å²) in [5.74, 6) is -0.593. The van der Waals surface area contributed by atoms with Gasteiger partial charge in [-0.15, -0.1) is 0 Å². The van der Waals surface area contributed by atoms with Crippen molar-refractivity contribution >= 4 is 16.2 Å². The predicted molar refractivity (Wildman–Crippen MR) is 58.2 cm³/mol. The average Bonchev–Trinajstić information content (AvgIpc) is 2.32. The van der Waals surface area contributed by atoms with E-state index in [2.05, 4.69) is 4.74 Å². The Morgan fingerprint density at radius 3 is 2.50 bits per heavy atom. The maximum atomic E-state index is 11.9. The Labute approximate surface area is 104 Å². The summed E-state index contributed by atoms with van der Waals surface area (Å²) in [4.78, 5) is 10.8. The normalized spacial score (nSPS) is 13.9. The van der Waals surface area contributed by atoms with Gasteiger partial charge >= 0.3 is 5.97 Å². The third-order valence-corrected chi connectivity index (χ3v) is 3.57. The summed E-state index contributed by atoms with van der Waals surface area (Å²) in [5.41, 5.74) is 0. The van der Waals surface area contributed by atoms with Crippen LogP contribution in [-0.2, 0) is 19.7 Å². The molecule has 0 aliphatic rings. The first kappa shape index (κ1) is 17.2. The molecule has 0 spiro atoms. The number of esters is 1. The number of halogens is 2. The van der Waals surface area contributed by atoms with E-state index in [0.717, 1.165) is 11.4 Å². The van der Waals surface area contributed by atoms with E-state index in [9.17, 15) is 22.0 Å². The van der Waals surface area contributed by atoms with E-state index < -0.39 is 35.3 Å². The summed E-state index contributed by atoms with van der Waals surface area (Å²) in [7, 11) is -1.68. The van der Waals surface area contributed by atoms with Crippen LogP contribution in [0.25, 0.3) is 0 Å². The van der Waals surface area contributed by atoms with Gasteiger partial charge < -0.3 is 9.84 Å². The molecule has 0 rings (SSSR count). The zero-order valence-corrected chi connectivity index (χ0v) is 10.8. The second-order valence-electron chi connectivity index (χ2n) is 3.40. The smallest absolute Gasteiger partial charge is 0.306 e. The molecule has 0 amide bonds. The summed E-state index contributed by atoms with van der Waals surface area (Å²) in [6, 6.07) is 0. The number of ether oxygens (including phenoxy) is 1. The summed E-state index contributed by atoms with van der Waals surface area (Å²) in [6.07, 6.45) is -5.27. The molecular formula is C8H16F2N2O5S. The minimum absolute atomic E-state index is 0.160. The Morgan fingerprint density at radius 2 is 2.06 bits per heavy atom. The highest BCUT2D eigenvalue weighted by Gasteiger charge is 2.23. The van der Waals surface area contributed by atoms with Gasteiger partial charge in [0.1, 0.15) is 6.10 Å². The Morgan fingerprint density at radius 1 is 1.50 bits per heavy atom. The fourth-order valence-electron chi connectivity index (χ4n) is 0.861. The molecule has 0 aromatic rings. The van der Waals surface area contributed by atoms with Crippen LogP contribution < -0.4 is 4.72 Å². The number of nitrogens with zero attached hydrogens (tertiary/aromatic N) is 1. The largest absolute Gasteiger partial charge is 0.469 e. The first-order chi connectivity index (χ1) is 8.20. The number of rotatable bonds is 8. The minimum Gasteiger partial charge on any atom is -0.469 e. The predicted octanol–water partition coefficient (Wildman–Crippen LogP) is -1.06. The second kappa shape index (κ2) is 7.56. The van der Waals surface area contributed by atoms with Gasteiger partial charge in [-0.25, -0.2) is 8.78 Å². The van der Waals surface area contributed by atoms with Gasteiger partial charge in [0.25, 0.3) is 16.6 Å². The standard InChI is InChI=1S/C8H16F2N2O5S/c1-12(4-3-7(14)17-2)18(15,16)11-5-6(13)8(9)10/h6,8,11,13H,3-5H2,1-2H3. The van der Waals surface area contributed by atoms with E-state index in [0.29, 0.717) is 0 Å². The molecule has 0 aromatic carbocycles. The summed E-state index contributed by atoms with van der Waals surface area (Å²) >= 11 is 0. The van der Waals surface area contributed by atoms with Crippen molar-refractivity contribution in [1.82, 2.24) is 9.03 Å². The van der Waals surface area contributed by atoms with Gasteiger partial charge in [0.05, 0.1) is 13.5 Å². The van der Waals surface area contributed by atoms with Gasteiger partial charge in [-0.05, 0) is 0 Å². The molecule has 0 fully saturated rings. The number of aliphatic hydroxyl groups is 1. The number of aliphatic hydroxyl groups excluding tert-OH is 1. The van der Waals surface area contributed by atoms with E-state index in [4.69, 9.17) is 5.11 Å². The number of hydrogen-bond donors (Lipinski definition) is 2. The van der Waals surface area contributed by atoms with Crippen molar-refractivity contribution < 1.29 is 31.8 Å². The number of methoxy groups -OCH3 is 1. The molecule has 0 radical (unpaired) electrons. The van der Waals surface area contributed by atoms with Crippen molar-refractivity contribution in [1.29, 1.82) is 0 Å². The molecule has 0 saturated heterocycles. The molecule has 10 heteroatoms. The van der Waals surface area contributed by atoms with Gasteiger partial charge in [0.15, 0.2) is 0 Å². The lowest BCUT2D eigenvalue weighted by Crippen LogP contribution is -2.43. The lowest BCUT2D eigenvalue weighted by atomic mass is 10.4. The second-order valence-corrected chi connectivity index (χ2v) is 5.27. The van der Waals surface area contributed by atoms with Crippen molar-refractivity contribution in [2.75, 3.05) is 27.2 Å². The van der Waals surface area contributed by atoms with E-state index in [1.54, 1.807) is 4.72 Å². The van der Waals surface area contributed by atoms with Crippen LogP contribution >= 0.6 is 0 Å². The highest BCUT2D eigenvalue weighted by atomic mass is 32.2. The highest BCUT2D eigenvalue weighted by Crippen LogP contribution is 2.01. The number of carbonyl (C=O) groups is 1. The molecule has 0 aliphatic carbocycles. The van der Waals surface area contributed by atoms with Crippen LogP contribution in [0.4, 0.5) is 8.78 Å². The van der Waals surface area contributed by atoms with Crippen LogP contribution in [-0.4, -0.2) is 63.6 Å². The maximum Gasteiger partial charge on any atom is 0.306 e. The first-order valence-corrected chi connectivity index (χ1v) is 6.38. The fourth-order valence-corrected chi connectivity index (χ4v) is 1.79. The highest BCUT2D eigenvalue weighted by molar-refractivity contribution is 7.87. The Kier molecular flexibility index (Phi) is 7.21. The molecule has 0 aliphatic heterocycles. The van der Waals surface area contributed by atoms with Gasteiger partial charge in [0.2, 0.25) is 0 Å².